The number of aliphatic hydroxyl groups is 1. The first-order valence-corrected chi connectivity index (χ1v) is 9.92. The van der Waals surface area contributed by atoms with Crippen molar-refractivity contribution < 1.29 is 9.84 Å². The molecule has 2 aromatic carbocycles. The van der Waals surface area contributed by atoms with Crippen molar-refractivity contribution in [2.24, 2.45) is 0 Å². The Morgan fingerprint density at radius 3 is 2.79 bits per heavy atom. The molecule has 0 amide bonds. The van der Waals surface area contributed by atoms with Gasteiger partial charge in [0.2, 0.25) is 5.95 Å². The molecule has 0 spiro atoms. The predicted molar refractivity (Wildman–Crippen MR) is 112 cm³/mol. The average Bonchev–Trinajstić information content (AvgIpc) is 3.15. The van der Waals surface area contributed by atoms with Crippen molar-refractivity contribution in [2.75, 3.05) is 19.0 Å². The molecule has 3 aromatic rings. The summed E-state index contributed by atoms with van der Waals surface area (Å²) in [5.41, 5.74) is 3.12. The van der Waals surface area contributed by atoms with Crippen molar-refractivity contribution in [1.29, 1.82) is 0 Å². The number of nitrogens with zero attached hydrogens (tertiary/aromatic N) is 3. The molecule has 2 N–H and O–H groups in total. The number of halogens is 1. The van der Waals surface area contributed by atoms with Crippen LogP contribution in [0.1, 0.15) is 29.4 Å². The number of aromatic nitrogens is 3. The number of hydrogen-bond donors (Lipinski definition) is 2. The minimum Gasteiger partial charge on any atom is -0.497 e. The third kappa shape index (κ3) is 3.81. The monoisotopic (exact) mass is 440 g/mol. The maximum absolute atomic E-state index is 9.13. The Hall–Kier alpha value is -2.64. The van der Waals surface area contributed by atoms with Crippen LogP contribution in [0.5, 0.6) is 5.75 Å². The summed E-state index contributed by atoms with van der Waals surface area (Å²) in [7, 11) is 1.67. The van der Waals surface area contributed by atoms with E-state index in [2.05, 4.69) is 55.6 Å². The molecule has 1 aliphatic rings. The Bertz CT molecular complexity index is 998. The number of ether oxygens (including phenoxy) is 1. The standard InChI is InChI=1S/C21H21BrN4O2/c1-28-17-5-2-4-15(12-17)19-13-18(14-7-9-16(22)10-8-14)23-21-24-20(6-3-11-27)25-26(19)21/h2,4-5,7-10,12-13,19,27H,3,6,11H2,1H3,(H,23,24,25)/t19-/m0/s1. The SMILES string of the molecule is COc1cccc([C@@H]2C=C(c3ccc(Br)cc3)Nc3nc(CCCO)nn32)c1. The summed E-state index contributed by atoms with van der Waals surface area (Å²) >= 11 is 3.49. The molecule has 0 bridgehead atoms. The van der Waals surface area contributed by atoms with Crippen LogP contribution in [0, 0.1) is 0 Å². The summed E-state index contributed by atoms with van der Waals surface area (Å²) in [5, 5.41) is 17.2. The second-order valence-corrected chi connectivity index (χ2v) is 7.47. The number of rotatable bonds is 6. The number of benzene rings is 2. The molecule has 0 unspecified atom stereocenters. The molecule has 0 saturated heterocycles. The summed E-state index contributed by atoms with van der Waals surface area (Å²) in [4.78, 5) is 4.65. The second-order valence-electron chi connectivity index (χ2n) is 6.56. The molecule has 1 atom stereocenters. The van der Waals surface area contributed by atoms with Crippen LogP contribution in [-0.2, 0) is 6.42 Å². The minimum absolute atomic E-state index is 0.111. The molecule has 7 heteroatoms. The van der Waals surface area contributed by atoms with Gasteiger partial charge in [0, 0.05) is 23.2 Å². The lowest BCUT2D eigenvalue weighted by Crippen LogP contribution is -2.20. The fourth-order valence-electron chi connectivity index (χ4n) is 3.24. The summed E-state index contributed by atoms with van der Waals surface area (Å²) in [6, 6.07) is 16.0. The fraction of sp³-hybridized carbons (Fsp3) is 0.238. The number of aryl methyl sites for hydroxylation is 1. The highest BCUT2D eigenvalue weighted by molar-refractivity contribution is 9.10. The van der Waals surface area contributed by atoms with Gasteiger partial charge in [-0.15, -0.1) is 0 Å². The fourth-order valence-corrected chi connectivity index (χ4v) is 3.51. The van der Waals surface area contributed by atoms with Crippen LogP contribution < -0.4 is 10.1 Å². The Morgan fingerprint density at radius 1 is 1.21 bits per heavy atom. The van der Waals surface area contributed by atoms with Crippen molar-refractivity contribution in [1.82, 2.24) is 14.8 Å². The lowest BCUT2D eigenvalue weighted by Gasteiger charge is -2.24. The summed E-state index contributed by atoms with van der Waals surface area (Å²) in [5.74, 6) is 2.22. The van der Waals surface area contributed by atoms with Crippen LogP contribution in [0.25, 0.3) is 5.70 Å². The van der Waals surface area contributed by atoms with E-state index >= 15 is 0 Å². The molecule has 0 saturated carbocycles. The van der Waals surface area contributed by atoms with E-state index in [-0.39, 0.29) is 12.6 Å². The van der Waals surface area contributed by atoms with Gasteiger partial charge in [0.05, 0.1) is 7.11 Å². The third-order valence-corrected chi connectivity index (χ3v) is 5.19. The highest BCUT2D eigenvalue weighted by atomic mass is 79.9. The van der Waals surface area contributed by atoms with Gasteiger partial charge in [0.25, 0.3) is 0 Å². The van der Waals surface area contributed by atoms with Crippen LogP contribution in [0.15, 0.2) is 59.1 Å². The quantitative estimate of drug-likeness (QED) is 0.605. The van der Waals surface area contributed by atoms with Crippen molar-refractivity contribution in [3.63, 3.8) is 0 Å². The topological polar surface area (TPSA) is 72.2 Å². The highest BCUT2D eigenvalue weighted by Crippen LogP contribution is 2.34. The van der Waals surface area contributed by atoms with Crippen LogP contribution >= 0.6 is 15.9 Å². The van der Waals surface area contributed by atoms with E-state index in [9.17, 15) is 0 Å². The van der Waals surface area contributed by atoms with Gasteiger partial charge in [-0.25, -0.2) is 4.68 Å². The van der Waals surface area contributed by atoms with Gasteiger partial charge in [-0.3, -0.25) is 0 Å². The molecule has 144 valence electrons. The van der Waals surface area contributed by atoms with Gasteiger partial charge < -0.3 is 15.2 Å². The molecule has 28 heavy (non-hydrogen) atoms. The van der Waals surface area contributed by atoms with Crippen molar-refractivity contribution in [2.45, 2.75) is 18.9 Å². The zero-order chi connectivity index (χ0) is 19.5. The number of anilines is 1. The van der Waals surface area contributed by atoms with Crippen molar-refractivity contribution in [3.05, 3.63) is 76.0 Å². The summed E-state index contributed by atoms with van der Waals surface area (Å²) < 4.78 is 8.33. The molecule has 0 aliphatic carbocycles. The molecule has 0 fully saturated rings. The van der Waals surface area contributed by atoms with E-state index in [1.807, 2.05) is 35.0 Å². The zero-order valence-electron chi connectivity index (χ0n) is 15.5. The summed E-state index contributed by atoms with van der Waals surface area (Å²) in [6.07, 6.45) is 3.42. The average molecular weight is 441 g/mol. The number of methoxy groups -OCH3 is 1. The van der Waals surface area contributed by atoms with Gasteiger partial charge in [-0.05, 0) is 47.9 Å². The smallest absolute Gasteiger partial charge is 0.226 e. The first-order valence-electron chi connectivity index (χ1n) is 9.13. The third-order valence-electron chi connectivity index (χ3n) is 4.66. The van der Waals surface area contributed by atoms with E-state index in [1.165, 1.54) is 0 Å². The second kappa shape index (κ2) is 8.16. The Morgan fingerprint density at radius 2 is 2.04 bits per heavy atom. The highest BCUT2D eigenvalue weighted by Gasteiger charge is 2.25. The van der Waals surface area contributed by atoms with Crippen LogP contribution in [0.4, 0.5) is 5.95 Å². The van der Waals surface area contributed by atoms with Crippen molar-refractivity contribution in [3.8, 4) is 5.75 Å². The van der Waals surface area contributed by atoms with Gasteiger partial charge >= 0.3 is 0 Å². The molecule has 2 heterocycles. The maximum Gasteiger partial charge on any atom is 0.226 e. The Balaban J connectivity index is 1.77. The number of allylic oxidation sites excluding steroid dienone is 1. The number of hydrogen-bond acceptors (Lipinski definition) is 5. The Kier molecular flexibility index (Phi) is 5.45. The van der Waals surface area contributed by atoms with E-state index in [0.717, 1.165) is 32.9 Å². The first kappa shape index (κ1) is 18.7. The lowest BCUT2D eigenvalue weighted by atomic mass is 10.0. The largest absolute Gasteiger partial charge is 0.497 e. The summed E-state index contributed by atoms with van der Waals surface area (Å²) in [6.45, 7) is 0.124. The van der Waals surface area contributed by atoms with E-state index in [1.54, 1.807) is 7.11 Å². The van der Waals surface area contributed by atoms with Crippen molar-refractivity contribution >= 4 is 27.6 Å². The Labute approximate surface area is 172 Å². The molecule has 1 aliphatic heterocycles. The van der Waals surface area contributed by atoms with Crippen LogP contribution in [0.2, 0.25) is 0 Å². The maximum atomic E-state index is 9.13. The van der Waals surface area contributed by atoms with E-state index in [0.29, 0.717) is 18.8 Å². The minimum atomic E-state index is -0.111. The van der Waals surface area contributed by atoms with E-state index in [4.69, 9.17) is 9.84 Å². The number of aliphatic hydroxyl groups excluding tert-OH is 1. The molecule has 1 aromatic heterocycles. The molecule has 6 nitrogen and oxygen atoms in total. The van der Waals surface area contributed by atoms with Crippen LogP contribution in [-0.4, -0.2) is 33.6 Å². The molecule has 4 rings (SSSR count). The van der Waals surface area contributed by atoms with Gasteiger partial charge in [-0.1, -0.05) is 40.2 Å². The zero-order valence-corrected chi connectivity index (χ0v) is 17.1. The van der Waals surface area contributed by atoms with Gasteiger partial charge in [0.1, 0.15) is 11.8 Å². The predicted octanol–water partition coefficient (Wildman–Crippen LogP) is 4.03. The van der Waals surface area contributed by atoms with Gasteiger partial charge in [0.15, 0.2) is 5.82 Å². The first-order chi connectivity index (χ1) is 13.7. The number of fused-ring (bicyclic) bond motifs is 1. The molecule has 0 radical (unpaired) electrons. The number of nitrogens with one attached hydrogen (secondary N) is 1. The molecular formula is C21H21BrN4O2. The lowest BCUT2D eigenvalue weighted by molar-refractivity contribution is 0.287. The normalized spacial score (nSPS) is 15.5. The van der Waals surface area contributed by atoms with E-state index < -0.39 is 0 Å². The molecular weight excluding hydrogens is 420 g/mol. The van der Waals surface area contributed by atoms with Gasteiger partial charge in [-0.2, -0.15) is 10.1 Å². The van der Waals surface area contributed by atoms with Crippen LogP contribution in [0.3, 0.4) is 0 Å².